The van der Waals surface area contributed by atoms with Crippen LogP contribution in [0.2, 0.25) is 5.02 Å². The highest BCUT2D eigenvalue weighted by Crippen LogP contribution is 2.35. The van der Waals surface area contributed by atoms with E-state index in [1.165, 1.54) is 0 Å². The van der Waals surface area contributed by atoms with Gasteiger partial charge >= 0.3 is 0 Å². The highest BCUT2D eigenvalue weighted by Gasteiger charge is 2.21. The molecule has 1 aliphatic rings. The van der Waals surface area contributed by atoms with Gasteiger partial charge in [-0.1, -0.05) is 29.8 Å². The van der Waals surface area contributed by atoms with Gasteiger partial charge in [-0.2, -0.15) is 0 Å². The zero-order valence-corrected chi connectivity index (χ0v) is 12.7. The summed E-state index contributed by atoms with van der Waals surface area (Å²) in [6.45, 7) is 1.46. The number of halogens is 1. The van der Waals surface area contributed by atoms with E-state index in [2.05, 4.69) is 5.32 Å². The van der Waals surface area contributed by atoms with Gasteiger partial charge in [0.2, 0.25) is 0 Å². The molecule has 3 nitrogen and oxygen atoms in total. The molecule has 1 unspecified atom stereocenters. The predicted octanol–water partition coefficient (Wildman–Crippen LogP) is 3.96. The molecule has 2 aromatic rings. The number of hydrogen-bond donors (Lipinski definition) is 1. The summed E-state index contributed by atoms with van der Waals surface area (Å²) in [5.74, 6) is 1.78. The van der Waals surface area contributed by atoms with E-state index < -0.39 is 0 Å². The normalized spacial score (nSPS) is 17.0. The fraction of sp³-hybridized carbons (Fsp3) is 0.294. The van der Waals surface area contributed by atoms with E-state index in [0.717, 1.165) is 47.2 Å². The number of rotatable bonds is 4. The number of ether oxygens (including phenoxy) is 2. The van der Waals surface area contributed by atoms with Gasteiger partial charge in [-0.25, -0.2) is 0 Å². The monoisotopic (exact) mass is 303 g/mol. The first-order valence-electron chi connectivity index (χ1n) is 7.05. The maximum atomic E-state index is 6.21. The van der Waals surface area contributed by atoms with Crippen molar-refractivity contribution >= 4 is 11.6 Å². The smallest absolute Gasteiger partial charge is 0.124 e. The molecule has 1 atom stereocenters. The molecule has 0 fully saturated rings. The Morgan fingerprint density at radius 2 is 2.14 bits per heavy atom. The molecule has 1 heterocycles. The number of methoxy groups -OCH3 is 1. The van der Waals surface area contributed by atoms with Crippen LogP contribution < -0.4 is 14.8 Å². The largest absolute Gasteiger partial charge is 0.497 e. The second kappa shape index (κ2) is 6.37. The average Bonchev–Trinajstić information content (AvgIpc) is 2.53. The Morgan fingerprint density at radius 3 is 2.95 bits per heavy atom. The van der Waals surface area contributed by atoms with E-state index in [1.807, 2.05) is 42.5 Å². The Hall–Kier alpha value is -1.71. The van der Waals surface area contributed by atoms with Gasteiger partial charge in [-0.15, -0.1) is 0 Å². The van der Waals surface area contributed by atoms with Gasteiger partial charge in [0.25, 0.3) is 0 Å². The van der Waals surface area contributed by atoms with Gasteiger partial charge in [0.15, 0.2) is 0 Å². The van der Waals surface area contributed by atoms with Gasteiger partial charge < -0.3 is 14.8 Å². The van der Waals surface area contributed by atoms with Gasteiger partial charge in [-0.3, -0.25) is 0 Å². The minimum Gasteiger partial charge on any atom is -0.497 e. The summed E-state index contributed by atoms with van der Waals surface area (Å²) in [7, 11) is 1.68. The molecule has 0 radical (unpaired) electrons. The van der Waals surface area contributed by atoms with Crippen LogP contribution in [0.4, 0.5) is 0 Å². The van der Waals surface area contributed by atoms with E-state index in [9.17, 15) is 0 Å². The van der Waals surface area contributed by atoms with Crippen LogP contribution in [0.3, 0.4) is 0 Å². The van der Waals surface area contributed by atoms with Crippen LogP contribution in [0.25, 0.3) is 0 Å². The van der Waals surface area contributed by atoms with E-state index >= 15 is 0 Å². The molecule has 0 amide bonds. The standard InChI is InChI=1S/C17H18ClNO2/c1-20-13-6-7-17-14(10-13)16(8-9-21-17)19-11-12-4-2-3-5-15(12)18/h2-7,10,16,19H,8-9,11H2,1H3. The molecule has 0 aromatic heterocycles. The molecule has 21 heavy (non-hydrogen) atoms. The lowest BCUT2D eigenvalue weighted by atomic mass is 10.00. The molecular weight excluding hydrogens is 286 g/mol. The molecule has 110 valence electrons. The maximum Gasteiger partial charge on any atom is 0.124 e. The molecule has 0 saturated heterocycles. The molecule has 2 aromatic carbocycles. The van der Waals surface area contributed by atoms with Crippen LogP contribution in [-0.4, -0.2) is 13.7 Å². The van der Waals surface area contributed by atoms with Gasteiger partial charge in [0.1, 0.15) is 11.5 Å². The summed E-state index contributed by atoms with van der Waals surface area (Å²) in [6, 6.07) is 14.1. The Morgan fingerprint density at radius 1 is 1.29 bits per heavy atom. The second-order valence-electron chi connectivity index (χ2n) is 5.07. The lowest BCUT2D eigenvalue weighted by Crippen LogP contribution is -2.26. The van der Waals surface area contributed by atoms with Crippen LogP contribution in [0, 0.1) is 0 Å². The second-order valence-corrected chi connectivity index (χ2v) is 5.47. The van der Waals surface area contributed by atoms with Crippen LogP contribution in [-0.2, 0) is 6.54 Å². The first kappa shape index (κ1) is 14.2. The van der Waals surface area contributed by atoms with Crippen molar-refractivity contribution in [1.29, 1.82) is 0 Å². The summed E-state index contributed by atoms with van der Waals surface area (Å²) < 4.78 is 11.0. The zero-order valence-electron chi connectivity index (χ0n) is 11.9. The third-order valence-corrected chi connectivity index (χ3v) is 4.12. The fourth-order valence-electron chi connectivity index (χ4n) is 2.59. The Bertz CT molecular complexity index is 630. The topological polar surface area (TPSA) is 30.5 Å². The molecule has 1 N–H and O–H groups in total. The minimum absolute atomic E-state index is 0.250. The van der Waals surface area contributed by atoms with Crippen LogP contribution in [0.15, 0.2) is 42.5 Å². The van der Waals surface area contributed by atoms with Gasteiger partial charge in [0.05, 0.1) is 13.7 Å². The third-order valence-electron chi connectivity index (χ3n) is 3.75. The summed E-state index contributed by atoms with van der Waals surface area (Å²) in [6.07, 6.45) is 0.935. The zero-order chi connectivity index (χ0) is 14.7. The van der Waals surface area contributed by atoms with Crippen molar-refractivity contribution in [3.8, 4) is 11.5 Å². The molecule has 0 saturated carbocycles. The van der Waals surface area contributed by atoms with Gasteiger partial charge in [0, 0.05) is 29.6 Å². The minimum atomic E-state index is 0.250. The lowest BCUT2D eigenvalue weighted by molar-refractivity contribution is 0.251. The first-order valence-corrected chi connectivity index (χ1v) is 7.43. The summed E-state index contributed by atoms with van der Waals surface area (Å²) in [5.41, 5.74) is 2.25. The van der Waals surface area contributed by atoms with E-state index in [1.54, 1.807) is 7.11 Å². The highest BCUT2D eigenvalue weighted by molar-refractivity contribution is 6.31. The van der Waals surface area contributed by atoms with Crippen molar-refractivity contribution in [2.45, 2.75) is 19.0 Å². The fourth-order valence-corrected chi connectivity index (χ4v) is 2.79. The van der Waals surface area contributed by atoms with Gasteiger partial charge in [-0.05, 0) is 29.8 Å². The number of fused-ring (bicyclic) bond motifs is 1. The number of benzene rings is 2. The number of hydrogen-bond acceptors (Lipinski definition) is 3. The SMILES string of the molecule is COc1ccc2c(c1)C(NCc1ccccc1Cl)CCO2. The van der Waals surface area contributed by atoms with Crippen molar-refractivity contribution < 1.29 is 9.47 Å². The summed E-state index contributed by atoms with van der Waals surface area (Å²) in [4.78, 5) is 0. The predicted molar refractivity (Wildman–Crippen MR) is 84.1 cm³/mol. The molecule has 1 aliphatic heterocycles. The van der Waals surface area contributed by atoms with Crippen molar-refractivity contribution in [3.63, 3.8) is 0 Å². The average molecular weight is 304 g/mol. The van der Waals surface area contributed by atoms with Crippen molar-refractivity contribution in [2.75, 3.05) is 13.7 Å². The molecule has 0 spiro atoms. The quantitative estimate of drug-likeness (QED) is 0.927. The van der Waals surface area contributed by atoms with E-state index in [-0.39, 0.29) is 6.04 Å². The van der Waals surface area contributed by atoms with E-state index in [4.69, 9.17) is 21.1 Å². The molecule has 0 aliphatic carbocycles. The Kier molecular flexibility index (Phi) is 4.32. The van der Waals surface area contributed by atoms with Crippen LogP contribution in [0.1, 0.15) is 23.6 Å². The van der Waals surface area contributed by atoms with E-state index in [0.29, 0.717) is 0 Å². The maximum absolute atomic E-state index is 6.21. The molecule has 4 heteroatoms. The lowest BCUT2D eigenvalue weighted by Gasteiger charge is -2.27. The molecule has 0 bridgehead atoms. The van der Waals surface area contributed by atoms with Crippen molar-refractivity contribution in [2.24, 2.45) is 0 Å². The van der Waals surface area contributed by atoms with Crippen molar-refractivity contribution in [3.05, 3.63) is 58.6 Å². The summed E-state index contributed by atoms with van der Waals surface area (Å²) in [5, 5.41) is 4.36. The number of nitrogens with one attached hydrogen (secondary N) is 1. The molecular formula is C17H18ClNO2. The third kappa shape index (κ3) is 3.14. The Balaban J connectivity index is 1.77. The van der Waals surface area contributed by atoms with Crippen LogP contribution >= 0.6 is 11.6 Å². The van der Waals surface area contributed by atoms with Crippen LogP contribution in [0.5, 0.6) is 11.5 Å². The summed E-state index contributed by atoms with van der Waals surface area (Å²) >= 11 is 6.21. The molecule has 3 rings (SSSR count). The first-order chi connectivity index (χ1) is 10.3. The van der Waals surface area contributed by atoms with Crippen molar-refractivity contribution in [1.82, 2.24) is 5.32 Å². The highest BCUT2D eigenvalue weighted by atomic mass is 35.5. The Labute approximate surface area is 129 Å².